The molecule has 128 valence electrons. The number of aromatic nitrogens is 3. The van der Waals surface area contributed by atoms with Gasteiger partial charge in [-0.05, 0) is 30.5 Å². The Morgan fingerprint density at radius 2 is 2.29 bits per heavy atom. The first-order valence-corrected chi connectivity index (χ1v) is 8.50. The number of piperidine rings is 1. The third-order valence-corrected chi connectivity index (χ3v) is 4.57. The van der Waals surface area contributed by atoms with Gasteiger partial charge in [-0.1, -0.05) is 11.6 Å². The van der Waals surface area contributed by atoms with Gasteiger partial charge in [0.1, 0.15) is 12.4 Å². The number of anilines is 1. The number of hydrogen-bond acceptors (Lipinski definition) is 4. The summed E-state index contributed by atoms with van der Waals surface area (Å²) < 4.78 is 1.59. The van der Waals surface area contributed by atoms with Crippen LogP contribution in [-0.4, -0.2) is 52.8 Å². The van der Waals surface area contributed by atoms with Crippen LogP contribution in [0.2, 0.25) is 5.02 Å². The molecule has 1 saturated heterocycles. The first kappa shape index (κ1) is 16.8. The second kappa shape index (κ2) is 7.21. The van der Waals surface area contributed by atoms with E-state index in [1.165, 1.54) is 5.56 Å². The summed E-state index contributed by atoms with van der Waals surface area (Å²) in [6.45, 7) is 1.78. The van der Waals surface area contributed by atoms with Crippen molar-refractivity contribution in [2.45, 2.75) is 25.3 Å². The Balaban J connectivity index is 1.67. The van der Waals surface area contributed by atoms with Crippen molar-refractivity contribution in [1.29, 1.82) is 0 Å². The van der Waals surface area contributed by atoms with E-state index in [1.54, 1.807) is 17.1 Å². The van der Waals surface area contributed by atoms with Crippen LogP contribution in [0.3, 0.4) is 0 Å². The van der Waals surface area contributed by atoms with Gasteiger partial charge in [-0.15, -0.1) is 0 Å². The fourth-order valence-electron chi connectivity index (χ4n) is 3.07. The number of carbonyl (C=O) groups is 1. The zero-order valence-electron chi connectivity index (χ0n) is 14.0. The molecule has 0 aliphatic carbocycles. The zero-order chi connectivity index (χ0) is 17.1. The molecular weight excluding hydrogens is 326 g/mol. The lowest BCUT2D eigenvalue weighted by Crippen LogP contribution is -2.40. The molecule has 3 heterocycles. The monoisotopic (exact) mass is 347 g/mol. The highest BCUT2D eigenvalue weighted by molar-refractivity contribution is 6.30. The van der Waals surface area contributed by atoms with Crippen molar-refractivity contribution in [3.63, 3.8) is 0 Å². The lowest BCUT2D eigenvalue weighted by Gasteiger charge is -2.33. The van der Waals surface area contributed by atoms with Crippen LogP contribution in [0.25, 0.3) is 0 Å². The molecule has 1 amide bonds. The summed E-state index contributed by atoms with van der Waals surface area (Å²) in [6.07, 6.45) is 7.17. The molecule has 1 aliphatic rings. The summed E-state index contributed by atoms with van der Waals surface area (Å²) in [5, 5.41) is 4.63. The summed E-state index contributed by atoms with van der Waals surface area (Å²) in [6, 6.07) is 4.17. The van der Waals surface area contributed by atoms with Crippen molar-refractivity contribution in [1.82, 2.24) is 19.7 Å². The fourth-order valence-corrected chi connectivity index (χ4v) is 3.23. The molecule has 0 spiro atoms. The predicted octanol–water partition coefficient (Wildman–Crippen LogP) is 2.40. The number of rotatable bonds is 4. The summed E-state index contributed by atoms with van der Waals surface area (Å²) in [4.78, 5) is 20.8. The lowest BCUT2D eigenvalue weighted by molar-refractivity contribution is -0.133. The molecule has 2 aromatic rings. The molecule has 0 radical (unpaired) electrons. The summed E-state index contributed by atoms with van der Waals surface area (Å²) in [5.74, 6) is 1.38. The quantitative estimate of drug-likeness (QED) is 0.852. The molecule has 6 nitrogen and oxygen atoms in total. The largest absolute Gasteiger partial charge is 0.363 e. The third-order valence-electron chi connectivity index (χ3n) is 4.37. The maximum atomic E-state index is 12.5. The minimum absolute atomic E-state index is 0.0846. The van der Waals surface area contributed by atoms with Crippen molar-refractivity contribution in [3.8, 4) is 0 Å². The molecule has 1 fully saturated rings. The molecular formula is C17H22ClN5O. The Morgan fingerprint density at radius 3 is 3.00 bits per heavy atom. The van der Waals surface area contributed by atoms with E-state index in [4.69, 9.17) is 11.6 Å². The SMILES string of the molecule is CN(C)c1cc([C@@H]2CCCN(C(=O)Cn3cc(Cl)cn3)C2)ccn1. The fraction of sp³-hybridized carbons (Fsp3) is 0.471. The van der Waals surface area contributed by atoms with Crippen molar-refractivity contribution in [3.05, 3.63) is 41.3 Å². The standard InChI is InChI=1S/C17H22ClN5O/c1-21(2)16-8-13(5-6-19-16)14-4-3-7-22(10-14)17(24)12-23-11-15(18)9-20-23/h5-6,8-9,11,14H,3-4,7,10,12H2,1-2H3/t14-/m1/s1. The van der Waals surface area contributed by atoms with Crippen LogP contribution in [0, 0.1) is 0 Å². The molecule has 1 atom stereocenters. The van der Waals surface area contributed by atoms with Crippen molar-refractivity contribution < 1.29 is 4.79 Å². The number of hydrogen-bond donors (Lipinski definition) is 0. The Morgan fingerprint density at radius 1 is 1.46 bits per heavy atom. The molecule has 0 saturated carbocycles. The molecule has 3 rings (SSSR count). The van der Waals surface area contributed by atoms with E-state index < -0.39 is 0 Å². The van der Waals surface area contributed by atoms with Gasteiger partial charge in [0, 0.05) is 45.5 Å². The van der Waals surface area contributed by atoms with E-state index in [0.29, 0.717) is 10.9 Å². The second-order valence-electron chi connectivity index (χ2n) is 6.38. The maximum Gasteiger partial charge on any atom is 0.244 e. The highest BCUT2D eigenvalue weighted by Crippen LogP contribution is 2.28. The van der Waals surface area contributed by atoms with Crippen LogP contribution in [0.15, 0.2) is 30.7 Å². The minimum Gasteiger partial charge on any atom is -0.363 e. The van der Waals surface area contributed by atoms with Gasteiger partial charge in [0.05, 0.1) is 11.2 Å². The van der Waals surface area contributed by atoms with Gasteiger partial charge in [-0.3, -0.25) is 9.48 Å². The first-order chi connectivity index (χ1) is 11.5. The van der Waals surface area contributed by atoms with Gasteiger partial charge >= 0.3 is 0 Å². The minimum atomic E-state index is 0.0846. The highest BCUT2D eigenvalue weighted by atomic mass is 35.5. The van der Waals surface area contributed by atoms with E-state index in [0.717, 1.165) is 31.7 Å². The normalized spacial score (nSPS) is 17.8. The van der Waals surface area contributed by atoms with Crippen LogP contribution < -0.4 is 4.90 Å². The Bertz CT molecular complexity index is 715. The Labute approximate surface area is 147 Å². The van der Waals surface area contributed by atoms with Crippen LogP contribution in [0.4, 0.5) is 5.82 Å². The molecule has 0 bridgehead atoms. The molecule has 7 heteroatoms. The number of carbonyl (C=O) groups excluding carboxylic acids is 1. The molecule has 0 aromatic carbocycles. The zero-order valence-corrected chi connectivity index (χ0v) is 14.8. The summed E-state index contributed by atoms with van der Waals surface area (Å²) in [7, 11) is 3.97. The number of likely N-dealkylation sites (tertiary alicyclic amines) is 1. The summed E-state index contributed by atoms with van der Waals surface area (Å²) in [5.41, 5.74) is 1.24. The Kier molecular flexibility index (Phi) is 5.04. The van der Waals surface area contributed by atoms with Gasteiger partial charge in [-0.25, -0.2) is 4.98 Å². The molecule has 2 aromatic heterocycles. The van der Waals surface area contributed by atoms with Gasteiger partial charge in [0.25, 0.3) is 0 Å². The van der Waals surface area contributed by atoms with E-state index in [2.05, 4.69) is 22.2 Å². The number of amides is 1. The van der Waals surface area contributed by atoms with Crippen molar-refractivity contribution >= 4 is 23.3 Å². The van der Waals surface area contributed by atoms with Gasteiger partial charge in [0.15, 0.2) is 0 Å². The average Bonchev–Trinajstić information content (AvgIpc) is 3.00. The molecule has 0 N–H and O–H groups in total. The molecule has 0 unspecified atom stereocenters. The topological polar surface area (TPSA) is 54.3 Å². The van der Waals surface area contributed by atoms with Gasteiger partial charge < -0.3 is 9.80 Å². The maximum absolute atomic E-state index is 12.5. The number of nitrogens with zero attached hydrogens (tertiary/aromatic N) is 5. The van der Waals surface area contributed by atoms with E-state index in [-0.39, 0.29) is 12.5 Å². The van der Waals surface area contributed by atoms with Crippen molar-refractivity contribution in [2.24, 2.45) is 0 Å². The molecule has 1 aliphatic heterocycles. The average molecular weight is 348 g/mol. The highest BCUT2D eigenvalue weighted by Gasteiger charge is 2.25. The van der Waals surface area contributed by atoms with Crippen LogP contribution in [0.1, 0.15) is 24.3 Å². The number of halogens is 1. The predicted molar refractivity (Wildman–Crippen MR) is 94.4 cm³/mol. The van der Waals surface area contributed by atoms with E-state index in [9.17, 15) is 4.79 Å². The second-order valence-corrected chi connectivity index (χ2v) is 6.81. The van der Waals surface area contributed by atoms with Crippen LogP contribution >= 0.6 is 11.6 Å². The lowest BCUT2D eigenvalue weighted by atomic mass is 9.91. The van der Waals surface area contributed by atoms with Crippen molar-refractivity contribution in [2.75, 3.05) is 32.1 Å². The number of pyridine rings is 1. The van der Waals surface area contributed by atoms with Crippen LogP contribution in [0.5, 0.6) is 0 Å². The third kappa shape index (κ3) is 3.87. The van der Waals surface area contributed by atoms with Gasteiger partial charge in [-0.2, -0.15) is 5.10 Å². The van der Waals surface area contributed by atoms with Crippen LogP contribution in [-0.2, 0) is 11.3 Å². The summed E-state index contributed by atoms with van der Waals surface area (Å²) >= 11 is 5.86. The first-order valence-electron chi connectivity index (χ1n) is 8.12. The molecule has 24 heavy (non-hydrogen) atoms. The smallest absolute Gasteiger partial charge is 0.244 e. The van der Waals surface area contributed by atoms with E-state index >= 15 is 0 Å². The Hall–Kier alpha value is -2.08. The van der Waals surface area contributed by atoms with Gasteiger partial charge in [0.2, 0.25) is 5.91 Å². The van der Waals surface area contributed by atoms with E-state index in [1.807, 2.05) is 30.1 Å².